The van der Waals surface area contributed by atoms with Crippen molar-refractivity contribution in [1.29, 1.82) is 0 Å². The molecular formula is C23H25N3O5S. The van der Waals surface area contributed by atoms with Crippen LogP contribution in [0.5, 0.6) is 5.88 Å². The number of aromatic nitrogens is 2. The number of hydrogen-bond donors (Lipinski definition) is 1. The molecule has 0 aliphatic rings. The first-order chi connectivity index (χ1) is 15.5. The highest BCUT2D eigenvalue weighted by atomic mass is 32.1. The summed E-state index contributed by atoms with van der Waals surface area (Å²) in [5.74, 6) is -0.965. The van der Waals surface area contributed by atoms with Gasteiger partial charge in [-0.05, 0) is 29.9 Å². The van der Waals surface area contributed by atoms with Gasteiger partial charge in [-0.1, -0.05) is 43.7 Å². The van der Waals surface area contributed by atoms with Gasteiger partial charge in [0, 0.05) is 19.3 Å². The van der Waals surface area contributed by atoms with Crippen molar-refractivity contribution in [2.75, 3.05) is 7.11 Å². The fourth-order valence-electron chi connectivity index (χ4n) is 3.21. The van der Waals surface area contributed by atoms with Crippen LogP contribution in [0.1, 0.15) is 40.6 Å². The Balaban J connectivity index is 2.04. The van der Waals surface area contributed by atoms with E-state index >= 15 is 0 Å². The van der Waals surface area contributed by atoms with Gasteiger partial charge in [-0.15, -0.1) is 11.3 Å². The fraction of sp³-hybridized carbons (Fsp3) is 0.304. The normalized spacial score (nSPS) is 11.2. The van der Waals surface area contributed by atoms with Gasteiger partial charge in [0.2, 0.25) is 5.88 Å². The Morgan fingerprint density at radius 2 is 1.91 bits per heavy atom. The average Bonchev–Trinajstić information content (AvgIpc) is 3.27. The van der Waals surface area contributed by atoms with Crippen molar-refractivity contribution in [3.63, 3.8) is 0 Å². The number of thiophene rings is 1. The number of methoxy groups -OCH3 is 1. The van der Waals surface area contributed by atoms with E-state index in [0.29, 0.717) is 18.5 Å². The molecule has 0 fully saturated rings. The highest BCUT2D eigenvalue weighted by molar-refractivity contribution is 7.12. The summed E-state index contributed by atoms with van der Waals surface area (Å²) >= 11 is 1.16. The molecule has 0 aliphatic carbocycles. The van der Waals surface area contributed by atoms with Crippen LogP contribution in [0.4, 0.5) is 5.69 Å². The van der Waals surface area contributed by atoms with Gasteiger partial charge in [-0.3, -0.25) is 18.9 Å². The standard InChI is InChI=1S/C23H25N3O5S/c1-3-4-12-25-20(27)17(15-24-18-11-14-32-19(18)22(29)31-2)21(28)26(23(25)30)13-10-16-8-6-5-7-9-16/h5-9,11,14-15,27H,3-4,10,12-13H2,1-2H3. The van der Waals surface area contributed by atoms with Crippen molar-refractivity contribution < 1.29 is 14.6 Å². The molecule has 0 atom stereocenters. The zero-order valence-electron chi connectivity index (χ0n) is 18.0. The molecule has 9 heteroatoms. The molecule has 3 aromatic rings. The molecule has 0 saturated heterocycles. The molecule has 0 unspecified atom stereocenters. The molecule has 8 nitrogen and oxygen atoms in total. The molecule has 3 rings (SSSR count). The summed E-state index contributed by atoms with van der Waals surface area (Å²) in [6, 6.07) is 11.2. The minimum atomic E-state index is -0.630. The van der Waals surface area contributed by atoms with Crippen molar-refractivity contribution >= 4 is 29.2 Å². The molecule has 2 heterocycles. The van der Waals surface area contributed by atoms with Crippen molar-refractivity contribution in [2.24, 2.45) is 4.99 Å². The number of esters is 1. The third-order valence-corrected chi connectivity index (χ3v) is 5.87. The van der Waals surface area contributed by atoms with E-state index < -0.39 is 23.1 Å². The first kappa shape index (κ1) is 23.2. The van der Waals surface area contributed by atoms with Gasteiger partial charge in [0.05, 0.1) is 12.8 Å². The number of carbonyl (C=O) groups excluding carboxylic acids is 1. The summed E-state index contributed by atoms with van der Waals surface area (Å²) in [5, 5.41) is 12.4. The van der Waals surface area contributed by atoms with Crippen LogP contribution in [0.2, 0.25) is 0 Å². The third kappa shape index (κ3) is 5.05. The second-order valence-corrected chi connectivity index (χ2v) is 8.02. The first-order valence-corrected chi connectivity index (χ1v) is 11.2. The van der Waals surface area contributed by atoms with Crippen LogP contribution in [0.15, 0.2) is 56.4 Å². The predicted octanol–water partition coefficient (Wildman–Crippen LogP) is 3.36. The van der Waals surface area contributed by atoms with Gasteiger partial charge in [0.15, 0.2) is 0 Å². The average molecular weight is 456 g/mol. The van der Waals surface area contributed by atoms with Gasteiger partial charge < -0.3 is 9.84 Å². The number of hydrogen-bond acceptors (Lipinski definition) is 7. The summed E-state index contributed by atoms with van der Waals surface area (Å²) in [4.78, 5) is 42.5. The SMILES string of the molecule is CCCCn1c(O)c(C=Nc2ccsc2C(=O)OC)c(=O)n(CCc2ccccc2)c1=O. The van der Waals surface area contributed by atoms with Gasteiger partial charge in [-0.25, -0.2) is 9.59 Å². The van der Waals surface area contributed by atoms with E-state index in [0.717, 1.165) is 27.9 Å². The molecule has 1 aromatic carbocycles. The number of nitrogens with zero attached hydrogens (tertiary/aromatic N) is 3. The second-order valence-electron chi connectivity index (χ2n) is 7.10. The van der Waals surface area contributed by atoms with Crippen LogP contribution < -0.4 is 11.2 Å². The van der Waals surface area contributed by atoms with Crippen LogP contribution in [0.3, 0.4) is 0 Å². The summed E-state index contributed by atoms with van der Waals surface area (Å²) in [6.45, 7) is 2.42. The molecule has 2 aromatic heterocycles. The predicted molar refractivity (Wildman–Crippen MR) is 125 cm³/mol. The number of carbonyl (C=O) groups is 1. The minimum absolute atomic E-state index is 0.101. The molecule has 0 spiro atoms. The van der Waals surface area contributed by atoms with Crippen molar-refractivity contribution in [3.8, 4) is 5.88 Å². The maximum Gasteiger partial charge on any atom is 0.350 e. The number of unbranched alkanes of at least 4 members (excludes halogenated alkanes) is 1. The summed E-state index contributed by atoms with van der Waals surface area (Å²) in [5.41, 5.74) is 0.0244. The quantitative estimate of drug-likeness (QED) is 0.394. The van der Waals surface area contributed by atoms with Crippen LogP contribution in [-0.2, 0) is 24.2 Å². The lowest BCUT2D eigenvalue weighted by atomic mass is 10.1. The number of aryl methyl sites for hydroxylation is 1. The monoisotopic (exact) mass is 455 g/mol. The Hall–Kier alpha value is -3.46. The van der Waals surface area contributed by atoms with E-state index in [9.17, 15) is 19.5 Å². The fourth-order valence-corrected chi connectivity index (χ4v) is 3.96. The molecule has 0 amide bonds. The van der Waals surface area contributed by atoms with Crippen molar-refractivity contribution in [2.45, 2.75) is 39.3 Å². The van der Waals surface area contributed by atoms with Gasteiger partial charge in [0.25, 0.3) is 5.56 Å². The van der Waals surface area contributed by atoms with Gasteiger partial charge in [0.1, 0.15) is 10.4 Å². The number of rotatable bonds is 9. The molecule has 168 valence electrons. The Bertz CT molecular complexity index is 1220. The number of aromatic hydroxyl groups is 1. The highest BCUT2D eigenvalue weighted by Gasteiger charge is 2.18. The molecule has 0 aliphatic heterocycles. The lowest BCUT2D eigenvalue weighted by Gasteiger charge is -2.14. The lowest BCUT2D eigenvalue weighted by Crippen LogP contribution is -2.42. The Morgan fingerprint density at radius 1 is 1.16 bits per heavy atom. The number of ether oxygens (including phenoxy) is 1. The van der Waals surface area contributed by atoms with Gasteiger partial charge >= 0.3 is 11.7 Å². The van der Waals surface area contributed by atoms with E-state index in [2.05, 4.69) is 4.99 Å². The maximum atomic E-state index is 13.1. The molecule has 1 N–H and O–H groups in total. The molecule has 32 heavy (non-hydrogen) atoms. The molecule has 0 saturated carbocycles. The Morgan fingerprint density at radius 3 is 2.59 bits per heavy atom. The van der Waals surface area contributed by atoms with Crippen molar-refractivity contribution in [1.82, 2.24) is 9.13 Å². The smallest absolute Gasteiger partial charge is 0.350 e. The van der Waals surface area contributed by atoms with E-state index in [1.807, 2.05) is 37.3 Å². The van der Waals surface area contributed by atoms with E-state index in [1.165, 1.54) is 17.9 Å². The van der Waals surface area contributed by atoms with E-state index in [4.69, 9.17) is 4.74 Å². The highest BCUT2D eigenvalue weighted by Crippen LogP contribution is 2.26. The van der Waals surface area contributed by atoms with E-state index in [1.54, 1.807) is 11.4 Å². The van der Waals surface area contributed by atoms with Gasteiger partial charge in [-0.2, -0.15) is 0 Å². The maximum absolute atomic E-state index is 13.1. The third-order valence-electron chi connectivity index (χ3n) is 4.98. The molecule has 0 radical (unpaired) electrons. The summed E-state index contributed by atoms with van der Waals surface area (Å²) in [6.07, 6.45) is 3.17. The van der Waals surface area contributed by atoms with Crippen LogP contribution in [-0.4, -0.2) is 33.5 Å². The minimum Gasteiger partial charge on any atom is -0.494 e. The summed E-state index contributed by atoms with van der Waals surface area (Å²) < 4.78 is 7.07. The number of benzene rings is 1. The van der Waals surface area contributed by atoms with Crippen LogP contribution in [0.25, 0.3) is 0 Å². The zero-order chi connectivity index (χ0) is 23.1. The Kier molecular flexibility index (Phi) is 7.77. The molecular weight excluding hydrogens is 430 g/mol. The first-order valence-electron chi connectivity index (χ1n) is 10.3. The zero-order valence-corrected chi connectivity index (χ0v) is 18.8. The Labute approximate surface area is 189 Å². The lowest BCUT2D eigenvalue weighted by molar-refractivity contribution is 0.0607. The van der Waals surface area contributed by atoms with E-state index in [-0.39, 0.29) is 23.5 Å². The largest absolute Gasteiger partial charge is 0.494 e. The van der Waals surface area contributed by atoms with Crippen LogP contribution >= 0.6 is 11.3 Å². The topological polar surface area (TPSA) is 103 Å². The molecule has 0 bridgehead atoms. The summed E-state index contributed by atoms with van der Waals surface area (Å²) in [7, 11) is 1.27. The second kappa shape index (κ2) is 10.7. The van der Waals surface area contributed by atoms with Crippen LogP contribution in [0, 0.1) is 0 Å². The number of aliphatic imine (C=N–C) groups is 1. The van der Waals surface area contributed by atoms with Crippen molar-refractivity contribution in [3.05, 3.63) is 78.6 Å².